The lowest BCUT2D eigenvalue weighted by Crippen LogP contribution is -2.45. The minimum Gasteiger partial charge on any atom is -0.480 e. The predicted molar refractivity (Wildman–Crippen MR) is 67.2 cm³/mol. The van der Waals surface area contributed by atoms with E-state index >= 15 is 0 Å². The number of carboxylic acid groups (broad SMARTS) is 1. The number of likely N-dealkylation sites (N-methyl/N-ethyl adjacent to an activating group) is 1. The van der Waals surface area contributed by atoms with Gasteiger partial charge < -0.3 is 20.7 Å². The molecule has 0 aliphatic carbocycles. The van der Waals surface area contributed by atoms with E-state index in [0.29, 0.717) is 6.54 Å². The van der Waals surface area contributed by atoms with Crippen LogP contribution in [0.25, 0.3) is 0 Å². The molecule has 17 heavy (non-hydrogen) atoms. The zero-order chi connectivity index (χ0) is 12.9. The van der Waals surface area contributed by atoms with Gasteiger partial charge in [0.05, 0.1) is 0 Å². The van der Waals surface area contributed by atoms with Crippen LogP contribution in [-0.4, -0.2) is 42.2 Å². The molecule has 0 aliphatic heterocycles. The Hall–Kier alpha value is -1.33. The summed E-state index contributed by atoms with van der Waals surface area (Å²) in [5.41, 5.74) is 1.10. The average molecular weight is 239 g/mol. The molecule has 0 saturated heterocycles. The van der Waals surface area contributed by atoms with Crippen molar-refractivity contribution >= 4 is 5.97 Å². The van der Waals surface area contributed by atoms with Crippen LogP contribution >= 0.6 is 0 Å². The number of carbonyl (C=O) groups is 1. The molecule has 1 rings (SSSR count). The van der Waals surface area contributed by atoms with Crippen molar-refractivity contribution in [2.45, 2.75) is 25.3 Å². The van der Waals surface area contributed by atoms with Crippen molar-refractivity contribution in [3.05, 3.63) is 24.0 Å². The maximum atomic E-state index is 10.8. The van der Waals surface area contributed by atoms with Crippen molar-refractivity contribution in [1.29, 1.82) is 0 Å². The second kappa shape index (κ2) is 5.84. The summed E-state index contributed by atoms with van der Waals surface area (Å²) in [7, 11) is 1.65. The lowest BCUT2D eigenvalue weighted by atomic mass is 9.89. The first kappa shape index (κ1) is 13.7. The van der Waals surface area contributed by atoms with Gasteiger partial charge in [-0.05, 0) is 19.2 Å². The first-order chi connectivity index (χ1) is 7.97. The molecule has 0 saturated carbocycles. The lowest BCUT2D eigenvalue weighted by Gasteiger charge is -2.25. The summed E-state index contributed by atoms with van der Waals surface area (Å²) in [5, 5.41) is 14.8. The highest BCUT2D eigenvalue weighted by atomic mass is 16.4. The van der Waals surface area contributed by atoms with Crippen LogP contribution in [0, 0.1) is 0 Å². The summed E-state index contributed by atoms with van der Waals surface area (Å²) in [6, 6.07) is 3.45. The third-order valence-electron chi connectivity index (χ3n) is 2.89. The summed E-state index contributed by atoms with van der Waals surface area (Å²) < 4.78 is 0. The molecule has 0 spiro atoms. The monoisotopic (exact) mass is 239 g/mol. The van der Waals surface area contributed by atoms with Crippen molar-refractivity contribution in [2.24, 2.45) is 0 Å². The Bertz CT molecular complexity index is 347. The second-order valence-electron chi connectivity index (χ2n) is 4.78. The van der Waals surface area contributed by atoms with Crippen LogP contribution in [0.5, 0.6) is 0 Å². The van der Waals surface area contributed by atoms with Crippen molar-refractivity contribution in [1.82, 2.24) is 15.6 Å². The number of rotatable bonds is 7. The van der Waals surface area contributed by atoms with Gasteiger partial charge in [0.2, 0.25) is 0 Å². The minimum absolute atomic E-state index is 0.0414. The molecule has 1 unspecified atom stereocenters. The van der Waals surface area contributed by atoms with Gasteiger partial charge in [-0.2, -0.15) is 0 Å². The van der Waals surface area contributed by atoms with Gasteiger partial charge in [0, 0.05) is 30.4 Å². The molecule has 5 nitrogen and oxygen atoms in total. The van der Waals surface area contributed by atoms with Gasteiger partial charge in [0.25, 0.3) is 0 Å². The van der Waals surface area contributed by atoms with Crippen LogP contribution in [0.1, 0.15) is 19.5 Å². The van der Waals surface area contributed by atoms with E-state index in [1.807, 2.05) is 18.3 Å². The number of aliphatic carboxylic acids is 1. The Balaban J connectivity index is 2.43. The van der Waals surface area contributed by atoms with Gasteiger partial charge in [-0.15, -0.1) is 0 Å². The fourth-order valence-electron chi connectivity index (χ4n) is 1.69. The van der Waals surface area contributed by atoms with Gasteiger partial charge >= 0.3 is 5.97 Å². The van der Waals surface area contributed by atoms with Crippen molar-refractivity contribution in [3.8, 4) is 0 Å². The molecule has 5 heteroatoms. The van der Waals surface area contributed by atoms with E-state index in [1.54, 1.807) is 7.05 Å². The van der Waals surface area contributed by atoms with Crippen molar-refractivity contribution in [2.75, 3.05) is 20.1 Å². The largest absolute Gasteiger partial charge is 0.480 e. The molecule has 0 radical (unpaired) electrons. The number of hydrogen-bond donors (Lipinski definition) is 4. The molecule has 0 amide bonds. The standard InChI is InChI=1S/C12H21N3O2/c1-12(2,10-5-4-6-15-10)8-14-7-9(13-3)11(16)17/h4-6,9,13-15H,7-8H2,1-3H3,(H,16,17). The lowest BCUT2D eigenvalue weighted by molar-refractivity contribution is -0.139. The molecular formula is C12H21N3O2. The summed E-state index contributed by atoms with van der Waals surface area (Å²) >= 11 is 0. The minimum atomic E-state index is -0.835. The third kappa shape index (κ3) is 3.87. The van der Waals surface area contributed by atoms with Crippen LogP contribution in [0.4, 0.5) is 0 Å². The Morgan fingerprint density at radius 2 is 2.29 bits per heavy atom. The average Bonchev–Trinajstić information content (AvgIpc) is 2.77. The van der Waals surface area contributed by atoms with Gasteiger partial charge in [-0.25, -0.2) is 0 Å². The van der Waals surface area contributed by atoms with Gasteiger partial charge in [0.1, 0.15) is 6.04 Å². The van der Waals surface area contributed by atoms with E-state index in [1.165, 1.54) is 0 Å². The maximum absolute atomic E-state index is 10.8. The fraction of sp³-hybridized carbons (Fsp3) is 0.583. The van der Waals surface area contributed by atoms with Crippen molar-refractivity contribution < 1.29 is 9.90 Å². The highest BCUT2D eigenvalue weighted by molar-refractivity contribution is 5.73. The summed E-state index contributed by atoms with van der Waals surface area (Å²) in [6.07, 6.45) is 1.89. The number of H-pyrrole nitrogens is 1. The Morgan fingerprint density at radius 1 is 1.59 bits per heavy atom. The molecule has 1 heterocycles. The zero-order valence-corrected chi connectivity index (χ0v) is 10.6. The number of hydrogen-bond acceptors (Lipinski definition) is 3. The molecule has 0 bridgehead atoms. The fourth-order valence-corrected chi connectivity index (χ4v) is 1.69. The van der Waals surface area contributed by atoms with Crippen LogP contribution in [0.15, 0.2) is 18.3 Å². The third-order valence-corrected chi connectivity index (χ3v) is 2.89. The highest BCUT2D eigenvalue weighted by Gasteiger charge is 2.22. The quantitative estimate of drug-likeness (QED) is 0.560. The molecule has 0 aromatic carbocycles. The number of nitrogens with one attached hydrogen (secondary N) is 3. The first-order valence-corrected chi connectivity index (χ1v) is 5.72. The molecular weight excluding hydrogens is 218 g/mol. The van der Waals surface area contributed by atoms with E-state index in [-0.39, 0.29) is 5.41 Å². The van der Waals surface area contributed by atoms with E-state index < -0.39 is 12.0 Å². The van der Waals surface area contributed by atoms with Crippen LogP contribution in [-0.2, 0) is 10.2 Å². The molecule has 0 aliphatic rings. The van der Waals surface area contributed by atoms with Crippen LogP contribution in [0.3, 0.4) is 0 Å². The Morgan fingerprint density at radius 3 is 2.76 bits per heavy atom. The number of aromatic nitrogens is 1. The first-order valence-electron chi connectivity index (χ1n) is 5.72. The van der Waals surface area contributed by atoms with Gasteiger partial charge in [-0.1, -0.05) is 13.8 Å². The molecule has 0 fully saturated rings. The van der Waals surface area contributed by atoms with E-state index in [0.717, 1.165) is 12.2 Å². The van der Waals surface area contributed by atoms with Crippen molar-refractivity contribution in [3.63, 3.8) is 0 Å². The van der Waals surface area contributed by atoms with E-state index in [2.05, 4.69) is 29.5 Å². The maximum Gasteiger partial charge on any atom is 0.322 e. The molecule has 96 valence electrons. The summed E-state index contributed by atoms with van der Waals surface area (Å²) in [4.78, 5) is 14.0. The van der Waals surface area contributed by atoms with Gasteiger partial charge in [0.15, 0.2) is 0 Å². The summed E-state index contributed by atoms with van der Waals surface area (Å²) in [5.74, 6) is -0.835. The van der Waals surface area contributed by atoms with Gasteiger partial charge in [-0.3, -0.25) is 4.79 Å². The molecule has 1 aromatic rings. The van der Waals surface area contributed by atoms with E-state index in [9.17, 15) is 4.79 Å². The number of carboxylic acids is 1. The molecule has 1 atom stereocenters. The van der Waals surface area contributed by atoms with Crippen LogP contribution in [0.2, 0.25) is 0 Å². The predicted octanol–water partition coefficient (Wildman–Crippen LogP) is 0.555. The summed E-state index contributed by atoms with van der Waals surface area (Å²) in [6.45, 7) is 5.36. The zero-order valence-electron chi connectivity index (χ0n) is 10.6. The highest BCUT2D eigenvalue weighted by Crippen LogP contribution is 2.19. The smallest absolute Gasteiger partial charge is 0.322 e. The van der Waals surface area contributed by atoms with E-state index in [4.69, 9.17) is 5.11 Å². The Kier molecular flexibility index (Phi) is 4.72. The molecule has 1 aromatic heterocycles. The normalized spacial score (nSPS) is 13.6. The number of aromatic amines is 1. The SMILES string of the molecule is CNC(CNCC(C)(C)c1ccc[nH]1)C(=O)O. The second-order valence-corrected chi connectivity index (χ2v) is 4.78. The Labute approximate surface area is 102 Å². The topological polar surface area (TPSA) is 77.1 Å². The molecule has 4 N–H and O–H groups in total. The van der Waals surface area contributed by atoms with Crippen LogP contribution < -0.4 is 10.6 Å².